The van der Waals surface area contributed by atoms with Crippen LogP contribution in [0.15, 0.2) is 54.6 Å². The van der Waals surface area contributed by atoms with Crippen molar-refractivity contribution in [2.24, 2.45) is 5.92 Å². The Hall–Kier alpha value is -3.08. The van der Waals surface area contributed by atoms with Gasteiger partial charge in [0.15, 0.2) is 0 Å². The minimum Gasteiger partial charge on any atom is -0.490 e. The molecular formula is C27H30N2O3. The van der Waals surface area contributed by atoms with Gasteiger partial charge in [-0.1, -0.05) is 24.3 Å². The number of aromatic nitrogens is 1. The molecule has 2 aromatic carbocycles. The fourth-order valence-corrected chi connectivity index (χ4v) is 4.29. The lowest BCUT2D eigenvalue weighted by Gasteiger charge is -2.32. The van der Waals surface area contributed by atoms with Gasteiger partial charge < -0.3 is 14.4 Å². The van der Waals surface area contributed by atoms with Gasteiger partial charge >= 0.3 is 0 Å². The normalized spacial score (nSPS) is 17.0. The molecule has 5 nitrogen and oxygen atoms in total. The van der Waals surface area contributed by atoms with Crippen LogP contribution in [-0.2, 0) is 4.79 Å². The smallest absolute Gasteiger partial charge is 0.225 e. The van der Waals surface area contributed by atoms with E-state index >= 15 is 0 Å². The highest BCUT2D eigenvalue weighted by Gasteiger charge is 2.35. The summed E-state index contributed by atoms with van der Waals surface area (Å²) in [6.45, 7) is 5.63. The molecule has 166 valence electrons. The summed E-state index contributed by atoms with van der Waals surface area (Å²) in [5.41, 5.74) is 3.17. The first-order chi connectivity index (χ1) is 15.5. The molecule has 5 rings (SSSR count). The topological polar surface area (TPSA) is 51.7 Å². The van der Waals surface area contributed by atoms with E-state index in [1.807, 2.05) is 43.0 Å². The second kappa shape index (κ2) is 8.81. The van der Waals surface area contributed by atoms with Crippen LogP contribution in [0.1, 0.15) is 39.5 Å². The zero-order valence-corrected chi connectivity index (χ0v) is 18.8. The molecule has 1 saturated carbocycles. The fraction of sp³-hybridized carbons (Fsp3) is 0.407. The predicted molar refractivity (Wildman–Crippen MR) is 126 cm³/mol. The molecule has 0 radical (unpaired) electrons. The van der Waals surface area contributed by atoms with Crippen LogP contribution in [0, 0.1) is 5.92 Å². The van der Waals surface area contributed by atoms with Crippen molar-refractivity contribution in [3.63, 3.8) is 0 Å². The Morgan fingerprint density at radius 1 is 0.938 bits per heavy atom. The number of benzene rings is 2. The average Bonchev–Trinajstić information content (AvgIpc) is 3.64. The van der Waals surface area contributed by atoms with Crippen LogP contribution in [0.5, 0.6) is 11.6 Å². The number of amides is 1. The van der Waals surface area contributed by atoms with Gasteiger partial charge in [-0.15, -0.1) is 0 Å². The maximum Gasteiger partial charge on any atom is 0.225 e. The maximum absolute atomic E-state index is 12.2. The van der Waals surface area contributed by atoms with Crippen LogP contribution < -0.4 is 9.47 Å². The van der Waals surface area contributed by atoms with Gasteiger partial charge in [-0.05, 0) is 62.1 Å². The van der Waals surface area contributed by atoms with Crippen molar-refractivity contribution >= 4 is 16.8 Å². The van der Waals surface area contributed by atoms with Crippen LogP contribution in [-0.4, -0.2) is 41.1 Å². The van der Waals surface area contributed by atoms with Gasteiger partial charge in [0, 0.05) is 43.3 Å². The number of carbonyl (C=O) groups is 1. The SMILES string of the molecule is CC(C)Oc1ccc2ccc(-c3ccc(OC4CCN(C(=O)C5CC5)CC4)cc3)cc2n1. The van der Waals surface area contributed by atoms with Crippen molar-refractivity contribution in [3.8, 4) is 22.8 Å². The van der Waals surface area contributed by atoms with Gasteiger partial charge in [0.25, 0.3) is 0 Å². The summed E-state index contributed by atoms with van der Waals surface area (Å²) in [7, 11) is 0. The molecule has 0 bridgehead atoms. The zero-order chi connectivity index (χ0) is 22.1. The van der Waals surface area contributed by atoms with E-state index in [2.05, 4.69) is 35.3 Å². The number of ether oxygens (including phenoxy) is 2. The number of nitrogens with zero attached hydrogens (tertiary/aromatic N) is 2. The molecule has 1 aliphatic carbocycles. The Morgan fingerprint density at radius 3 is 2.31 bits per heavy atom. The summed E-state index contributed by atoms with van der Waals surface area (Å²) >= 11 is 0. The standard InChI is InChI=1S/C27H30N2O3/c1-18(2)31-26-12-9-20-3-6-22(17-25(20)28-26)19-7-10-23(11-8-19)32-24-13-15-29(16-14-24)27(30)21-4-5-21/h3,6-12,17-18,21,24H,4-5,13-16H2,1-2H3. The molecule has 1 aromatic heterocycles. The number of likely N-dealkylation sites (tertiary alicyclic amines) is 1. The first-order valence-electron chi connectivity index (χ1n) is 11.7. The minimum atomic E-state index is 0.0987. The quantitative estimate of drug-likeness (QED) is 0.520. The molecule has 2 fully saturated rings. The van der Waals surface area contributed by atoms with Crippen LogP contribution in [0.2, 0.25) is 0 Å². The third-order valence-corrected chi connectivity index (χ3v) is 6.19. The second-order valence-corrected chi connectivity index (χ2v) is 9.16. The first-order valence-corrected chi connectivity index (χ1v) is 11.7. The first kappa shape index (κ1) is 20.8. The fourth-order valence-electron chi connectivity index (χ4n) is 4.29. The van der Waals surface area contributed by atoms with E-state index in [0.717, 1.165) is 66.6 Å². The molecule has 0 unspecified atom stereocenters. The summed E-state index contributed by atoms with van der Waals surface area (Å²) in [5, 5.41) is 1.09. The third-order valence-electron chi connectivity index (χ3n) is 6.19. The molecular weight excluding hydrogens is 400 g/mol. The molecule has 0 N–H and O–H groups in total. The highest BCUT2D eigenvalue weighted by atomic mass is 16.5. The largest absolute Gasteiger partial charge is 0.490 e. The number of carbonyl (C=O) groups excluding carboxylic acids is 1. The van der Waals surface area contributed by atoms with E-state index in [1.165, 1.54) is 0 Å². The number of rotatable bonds is 6. The summed E-state index contributed by atoms with van der Waals surface area (Å²) in [6, 6.07) is 18.5. The van der Waals surface area contributed by atoms with Crippen molar-refractivity contribution < 1.29 is 14.3 Å². The van der Waals surface area contributed by atoms with Gasteiger partial charge in [-0.2, -0.15) is 0 Å². The summed E-state index contributed by atoms with van der Waals surface area (Å²) < 4.78 is 11.9. The number of fused-ring (bicyclic) bond motifs is 1. The van der Waals surface area contributed by atoms with Gasteiger partial charge in [-0.25, -0.2) is 4.98 Å². The Labute approximate surface area is 189 Å². The van der Waals surface area contributed by atoms with Gasteiger partial charge in [0.05, 0.1) is 11.6 Å². The van der Waals surface area contributed by atoms with Gasteiger partial charge in [0.1, 0.15) is 11.9 Å². The van der Waals surface area contributed by atoms with Crippen LogP contribution in [0.25, 0.3) is 22.0 Å². The molecule has 0 spiro atoms. The summed E-state index contributed by atoms with van der Waals surface area (Å²) in [6.07, 6.45) is 4.22. The summed E-state index contributed by atoms with van der Waals surface area (Å²) in [4.78, 5) is 18.9. The number of pyridine rings is 1. The van der Waals surface area contributed by atoms with Crippen molar-refractivity contribution in [1.82, 2.24) is 9.88 Å². The highest BCUT2D eigenvalue weighted by molar-refractivity contribution is 5.84. The summed E-state index contributed by atoms with van der Waals surface area (Å²) in [5.74, 6) is 2.19. The van der Waals surface area contributed by atoms with Crippen LogP contribution >= 0.6 is 0 Å². The maximum atomic E-state index is 12.2. The van der Waals surface area contributed by atoms with E-state index in [-0.39, 0.29) is 12.2 Å². The van der Waals surface area contributed by atoms with Gasteiger partial charge in [0.2, 0.25) is 11.8 Å². The Bertz CT molecular complexity index is 1100. The molecule has 5 heteroatoms. The van der Waals surface area contributed by atoms with Crippen molar-refractivity contribution in [2.45, 2.75) is 51.7 Å². The van der Waals surface area contributed by atoms with Gasteiger partial charge in [-0.3, -0.25) is 4.79 Å². The van der Waals surface area contributed by atoms with E-state index < -0.39 is 0 Å². The van der Waals surface area contributed by atoms with E-state index in [9.17, 15) is 4.79 Å². The number of hydrogen-bond donors (Lipinski definition) is 0. The number of piperidine rings is 1. The Balaban J connectivity index is 1.23. The van der Waals surface area contributed by atoms with Crippen molar-refractivity contribution in [1.29, 1.82) is 0 Å². The molecule has 2 aliphatic rings. The molecule has 32 heavy (non-hydrogen) atoms. The highest BCUT2D eigenvalue weighted by Crippen LogP contribution is 2.32. The molecule has 2 heterocycles. The number of hydrogen-bond acceptors (Lipinski definition) is 4. The minimum absolute atomic E-state index is 0.0987. The average molecular weight is 431 g/mol. The predicted octanol–water partition coefficient (Wildman–Crippen LogP) is 5.47. The Morgan fingerprint density at radius 2 is 1.62 bits per heavy atom. The van der Waals surface area contributed by atoms with Crippen molar-refractivity contribution in [3.05, 3.63) is 54.6 Å². The van der Waals surface area contributed by atoms with Crippen molar-refractivity contribution in [2.75, 3.05) is 13.1 Å². The third kappa shape index (κ3) is 4.72. The molecule has 1 amide bonds. The van der Waals surface area contributed by atoms with Crippen LogP contribution in [0.4, 0.5) is 0 Å². The lowest BCUT2D eigenvalue weighted by atomic mass is 10.0. The van der Waals surface area contributed by atoms with E-state index in [1.54, 1.807) is 0 Å². The lowest BCUT2D eigenvalue weighted by molar-refractivity contribution is -0.134. The molecule has 1 saturated heterocycles. The Kier molecular flexibility index (Phi) is 5.73. The van der Waals surface area contributed by atoms with E-state index in [0.29, 0.717) is 17.7 Å². The van der Waals surface area contributed by atoms with Crippen LogP contribution in [0.3, 0.4) is 0 Å². The lowest BCUT2D eigenvalue weighted by Crippen LogP contribution is -2.42. The molecule has 3 aromatic rings. The second-order valence-electron chi connectivity index (χ2n) is 9.16. The molecule has 1 aliphatic heterocycles. The zero-order valence-electron chi connectivity index (χ0n) is 18.8. The monoisotopic (exact) mass is 430 g/mol. The van der Waals surface area contributed by atoms with E-state index in [4.69, 9.17) is 9.47 Å². The molecule has 0 atom stereocenters.